The highest BCUT2D eigenvalue weighted by Crippen LogP contribution is 2.23. The van der Waals surface area contributed by atoms with Crippen LogP contribution in [0.3, 0.4) is 0 Å². The molecule has 0 radical (unpaired) electrons. The number of likely N-dealkylation sites (tertiary alicyclic amines) is 1. The number of pyridine rings is 1. The van der Waals surface area contributed by atoms with E-state index in [1.54, 1.807) is 18.3 Å². The van der Waals surface area contributed by atoms with Gasteiger partial charge in [-0.25, -0.2) is 9.78 Å². The zero-order valence-electron chi connectivity index (χ0n) is 17.4. The number of carbonyl (C=O) groups is 1. The number of nitrogens with zero attached hydrogens (tertiary/aromatic N) is 3. The van der Waals surface area contributed by atoms with Crippen molar-refractivity contribution < 1.29 is 4.79 Å². The Morgan fingerprint density at radius 1 is 1.24 bits per heavy atom. The van der Waals surface area contributed by atoms with Gasteiger partial charge in [0.25, 0.3) is 0 Å². The zero-order chi connectivity index (χ0) is 20.6. The van der Waals surface area contributed by atoms with Crippen LogP contribution in [0.1, 0.15) is 45.1 Å². The number of carbonyl (C=O) groups excluding carboxylic acids is 1. The Kier molecular flexibility index (Phi) is 7.90. The number of nitrogens with one attached hydrogen (secondary N) is 1. The van der Waals surface area contributed by atoms with Gasteiger partial charge in [0.15, 0.2) is 0 Å². The van der Waals surface area contributed by atoms with Gasteiger partial charge in [-0.1, -0.05) is 55.3 Å². The predicted molar refractivity (Wildman–Crippen MR) is 119 cm³/mol. The lowest BCUT2D eigenvalue weighted by Gasteiger charge is -2.40. The summed E-state index contributed by atoms with van der Waals surface area (Å²) in [6.45, 7) is 7.22. The van der Waals surface area contributed by atoms with Gasteiger partial charge in [0.05, 0.1) is 11.9 Å². The lowest BCUT2D eigenvalue weighted by Crippen LogP contribution is -2.50. The smallest absolute Gasteiger partial charge is 0.317 e. The molecule has 3 rings (SSSR count). The lowest BCUT2D eigenvalue weighted by molar-refractivity contribution is 0.0989. The van der Waals surface area contributed by atoms with Crippen LogP contribution in [0.5, 0.6) is 0 Å². The van der Waals surface area contributed by atoms with Crippen LogP contribution >= 0.6 is 11.6 Å². The molecule has 29 heavy (non-hydrogen) atoms. The van der Waals surface area contributed by atoms with Gasteiger partial charge in [0, 0.05) is 31.7 Å². The molecule has 5 nitrogen and oxygen atoms in total. The molecule has 1 aliphatic rings. The van der Waals surface area contributed by atoms with Gasteiger partial charge in [-0.2, -0.15) is 0 Å². The minimum absolute atomic E-state index is 0.0852. The molecule has 2 amide bonds. The van der Waals surface area contributed by atoms with Crippen molar-refractivity contribution >= 4 is 23.3 Å². The van der Waals surface area contributed by atoms with Crippen molar-refractivity contribution in [3.8, 4) is 0 Å². The molecule has 1 aliphatic heterocycles. The Balaban J connectivity index is 1.69. The van der Waals surface area contributed by atoms with Crippen LogP contribution in [0, 0.1) is 0 Å². The van der Waals surface area contributed by atoms with Gasteiger partial charge < -0.3 is 15.1 Å². The fourth-order valence-corrected chi connectivity index (χ4v) is 4.14. The monoisotopic (exact) mass is 414 g/mol. The normalized spacial score (nSPS) is 16.4. The third-order valence-corrected chi connectivity index (χ3v) is 5.93. The second kappa shape index (κ2) is 10.6. The van der Waals surface area contributed by atoms with Crippen molar-refractivity contribution in [2.75, 3.05) is 18.4 Å². The largest absolute Gasteiger partial charge is 0.322 e. The molecule has 0 saturated carbocycles. The summed E-state index contributed by atoms with van der Waals surface area (Å²) in [6, 6.07) is 14.4. The quantitative estimate of drug-likeness (QED) is 0.615. The number of halogens is 1. The van der Waals surface area contributed by atoms with Crippen LogP contribution in [0.15, 0.2) is 48.7 Å². The van der Waals surface area contributed by atoms with Crippen LogP contribution in [0.4, 0.5) is 10.5 Å². The summed E-state index contributed by atoms with van der Waals surface area (Å²) in [5.41, 5.74) is 1.80. The van der Waals surface area contributed by atoms with Gasteiger partial charge in [0.2, 0.25) is 0 Å². The van der Waals surface area contributed by atoms with Crippen LogP contribution in [0.25, 0.3) is 0 Å². The number of amides is 2. The first-order valence-electron chi connectivity index (χ1n) is 10.5. The Hall–Kier alpha value is -2.11. The number of piperidine rings is 1. The van der Waals surface area contributed by atoms with E-state index in [2.05, 4.69) is 41.2 Å². The van der Waals surface area contributed by atoms with Gasteiger partial charge >= 0.3 is 6.03 Å². The number of urea groups is 1. The van der Waals surface area contributed by atoms with Crippen LogP contribution in [-0.4, -0.2) is 46.0 Å². The maximum absolute atomic E-state index is 13.2. The molecule has 2 aromatic rings. The van der Waals surface area contributed by atoms with E-state index < -0.39 is 0 Å². The fraction of sp³-hybridized carbons (Fsp3) is 0.478. The summed E-state index contributed by atoms with van der Waals surface area (Å²) in [7, 11) is 0. The maximum atomic E-state index is 13.2. The van der Waals surface area contributed by atoms with Gasteiger partial charge in [-0.3, -0.25) is 0 Å². The number of hydrogen-bond donors (Lipinski definition) is 1. The summed E-state index contributed by atoms with van der Waals surface area (Å²) in [5, 5.41) is 3.41. The number of aromatic nitrogens is 1. The van der Waals surface area contributed by atoms with E-state index in [9.17, 15) is 4.79 Å². The summed E-state index contributed by atoms with van der Waals surface area (Å²) >= 11 is 5.86. The first kappa shape index (κ1) is 21.6. The molecule has 1 aromatic heterocycles. The van der Waals surface area contributed by atoms with Crippen molar-refractivity contribution in [3.05, 3.63) is 59.4 Å². The lowest BCUT2D eigenvalue weighted by atomic mass is 10.00. The molecule has 6 heteroatoms. The Morgan fingerprint density at radius 2 is 1.97 bits per heavy atom. The molecule has 1 atom stereocenters. The molecule has 1 aromatic carbocycles. The van der Waals surface area contributed by atoms with E-state index in [1.807, 2.05) is 23.1 Å². The second-order valence-electron chi connectivity index (χ2n) is 7.82. The third kappa shape index (κ3) is 6.18. The number of hydrogen-bond acceptors (Lipinski definition) is 3. The number of benzene rings is 1. The van der Waals surface area contributed by atoms with Gasteiger partial charge in [-0.05, 0) is 43.9 Å². The first-order valence-corrected chi connectivity index (χ1v) is 10.9. The van der Waals surface area contributed by atoms with Crippen molar-refractivity contribution in [2.24, 2.45) is 0 Å². The van der Waals surface area contributed by atoms with E-state index in [0.717, 1.165) is 31.5 Å². The second-order valence-corrected chi connectivity index (χ2v) is 8.21. The Labute approximate surface area is 179 Å². The molecule has 1 fully saturated rings. The van der Waals surface area contributed by atoms with E-state index in [1.165, 1.54) is 12.8 Å². The van der Waals surface area contributed by atoms with Crippen LogP contribution in [-0.2, 0) is 6.54 Å². The third-order valence-electron chi connectivity index (χ3n) is 5.70. The number of anilines is 1. The predicted octanol–water partition coefficient (Wildman–Crippen LogP) is 5.42. The maximum Gasteiger partial charge on any atom is 0.322 e. The molecule has 1 unspecified atom stereocenters. The van der Waals surface area contributed by atoms with E-state index in [0.29, 0.717) is 23.4 Å². The zero-order valence-corrected chi connectivity index (χ0v) is 18.1. The summed E-state index contributed by atoms with van der Waals surface area (Å²) in [6.07, 6.45) is 6.01. The fourth-order valence-electron chi connectivity index (χ4n) is 4.03. The summed E-state index contributed by atoms with van der Waals surface area (Å²) in [5.74, 6) is 0. The van der Waals surface area contributed by atoms with Crippen molar-refractivity contribution in [1.82, 2.24) is 14.8 Å². The summed E-state index contributed by atoms with van der Waals surface area (Å²) in [4.78, 5) is 21.8. The molecule has 2 heterocycles. The van der Waals surface area contributed by atoms with Crippen molar-refractivity contribution in [1.29, 1.82) is 0 Å². The molecular formula is C23H31ClN4O. The molecule has 156 valence electrons. The van der Waals surface area contributed by atoms with E-state index in [4.69, 9.17) is 11.6 Å². The van der Waals surface area contributed by atoms with Crippen LogP contribution < -0.4 is 5.32 Å². The minimum Gasteiger partial charge on any atom is -0.317 e. The average molecular weight is 415 g/mol. The standard InChI is InChI=1S/C23H31ClN4O/c1-3-7-18(2)27-14-12-21(13-15-27)28(17-19-8-5-4-6-9-19)23(29)26-20-10-11-22(24)25-16-20/h4-6,8-11,16,18,21H,3,7,12-15,17H2,1-2H3,(H,26,29). The molecular weight excluding hydrogens is 384 g/mol. The van der Waals surface area contributed by atoms with E-state index >= 15 is 0 Å². The first-order chi connectivity index (χ1) is 14.1. The highest BCUT2D eigenvalue weighted by Gasteiger charge is 2.29. The van der Waals surface area contributed by atoms with Crippen molar-refractivity contribution in [2.45, 2.75) is 58.2 Å². The average Bonchev–Trinajstić information content (AvgIpc) is 2.74. The number of rotatable bonds is 7. The highest BCUT2D eigenvalue weighted by molar-refractivity contribution is 6.29. The molecule has 0 spiro atoms. The summed E-state index contributed by atoms with van der Waals surface area (Å²) < 4.78 is 0. The molecule has 0 bridgehead atoms. The molecule has 0 aliphatic carbocycles. The highest BCUT2D eigenvalue weighted by atomic mass is 35.5. The van der Waals surface area contributed by atoms with Gasteiger partial charge in [-0.15, -0.1) is 0 Å². The Morgan fingerprint density at radius 3 is 2.59 bits per heavy atom. The van der Waals surface area contributed by atoms with Gasteiger partial charge in [0.1, 0.15) is 5.15 Å². The van der Waals surface area contributed by atoms with Crippen LogP contribution in [0.2, 0.25) is 5.15 Å². The molecule has 1 N–H and O–H groups in total. The van der Waals surface area contributed by atoms with E-state index in [-0.39, 0.29) is 12.1 Å². The SMILES string of the molecule is CCCC(C)N1CCC(N(Cc2ccccc2)C(=O)Nc2ccc(Cl)nc2)CC1. The topological polar surface area (TPSA) is 48.5 Å². The molecule has 1 saturated heterocycles. The van der Waals surface area contributed by atoms with Crippen molar-refractivity contribution in [3.63, 3.8) is 0 Å². The Bertz CT molecular complexity index is 760. The minimum atomic E-state index is -0.0852.